The van der Waals surface area contributed by atoms with Crippen LogP contribution in [-0.2, 0) is 4.74 Å². The molecule has 0 spiro atoms. The number of nitrogens with two attached hydrogens (primary N) is 1. The number of nitrogens with one attached hydrogen (secondary N) is 2. The number of ether oxygens (including phenoxy) is 3. The molecule has 0 radical (unpaired) electrons. The first-order chi connectivity index (χ1) is 14.2. The van der Waals surface area contributed by atoms with Crippen molar-refractivity contribution in [1.29, 1.82) is 5.26 Å². The van der Waals surface area contributed by atoms with Gasteiger partial charge in [0.2, 0.25) is 5.88 Å². The van der Waals surface area contributed by atoms with Crippen molar-refractivity contribution in [2.45, 2.75) is 25.1 Å². The molecule has 8 heteroatoms. The fraction of sp³-hybridized carbons (Fsp3) is 0.333. The molecule has 1 aromatic carbocycles. The summed E-state index contributed by atoms with van der Waals surface area (Å²) in [4.78, 5) is 4.10. The number of aromatic nitrogens is 1. The highest BCUT2D eigenvalue weighted by atomic mass is 16.5. The van der Waals surface area contributed by atoms with Crippen LogP contribution in [0.15, 0.2) is 54.2 Å². The average Bonchev–Trinajstić information content (AvgIpc) is 3.17. The Hall–Kier alpha value is -3.28. The minimum absolute atomic E-state index is 0.109. The lowest BCUT2D eigenvalue weighted by atomic mass is 9.74. The number of allylic oxidation sites excluding steroid dienone is 1. The van der Waals surface area contributed by atoms with Gasteiger partial charge in [-0.2, -0.15) is 5.26 Å². The van der Waals surface area contributed by atoms with Crippen molar-refractivity contribution in [3.8, 4) is 17.6 Å². The van der Waals surface area contributed by atoms with Crippen molar-refractivity contribution in [3.63, 3.8) is 0 Å². The molecule has 2 aromatic rings. The molecule has 4 N–H and O–H groups in total. The zero-order valence-corrected chi connectivity index (χ0v) is 16.3. The Morgan fingerprint density at radius 2 is 1.97 bits per heavy atom. The molecular weight excluding hydrogens is 370 g/mol. The molecule has 4 unspecified atom stereocenters. The number of hydrazine groups is 1. The van der Waals surface area contributed by atoms with Crippen molar-refractivity contribution in [3.05, 3.63) is 65.3 Å². The molecule has 150 valence electrons. The lowest BCUT2D eigenvalue weighted by Gasteiger charge is -2.35. The van der Waals surface area contributed by atoms with Crippen molar-refractivity contribution in [2.24, 2.45) is 11.7 Å². The summed E-state index contributed by atoms with van der Waals surface area (Å²) in [6.07, 6.45) is 3.05. The number of nitriles is 1. The molecule has 4 rings (SSSR count). The van der Waals surface area contributed by atoms with E-state index in [4.69, 9.17) is 19.9 Å². The van der Waals surface area contributed by atoms with Crippen LogP contribution >= 0.6 is 0 Å². The summed E-state index contributed by atoms with van der Waals surface area (Å²) in [6, 6.07) is 11.8. The van der Waals surface area contributed by atoms with Gasteiger partial charge in [-0.1, -0.05) is 6.07 Å². The maximum absolute atomic E-state index is 9.79. The SMILES string of the molecule is CCOc1ccc(C2NNC3OC(N)=C(C#N)C(c4ccncc4)C32)cc1OC. The molecular formula is C21H23N5O3. The molecule has 8 nitrogen and oxygen atoms in total. The van der Waals surface area contributed by atoms with Gasteiger partial charge in [0.1, 0.15) is 6.07 Å². The molecule has 4 atom stereocenters. The van der Waals surface area contributed by atoms with E-state index < -0.39 is 0 Å². The quantitative estimate of drug-likeness (QED) is 0.707. The van der Waals surface area contributed by atoms with Crippen molar-refractivity contribution < 1.29 is 14.2 Å². The smallest absolute Gasteiger partial charge is 0.200 e. The van der Waals surface area contributed by atoms with Crippen molar-refractivity contribution in [1.82, 2.24) is 15.8 Å². The summed E-state index contributed by atoms with van der Waals surface area (Å²) >= 11 is 0. The highest BCUT2D eigenvalue weighted by Crippen LogP contribution is 2.48. The predicted octanol–water partition coefficient (Wildman–Crippen LogP) is 2.09. The molecule has 0 bridgehead atoms. The Morgan fingerprint density at radius 3 is 2.66 bits per heavy atom. The molecule has 2 aliphatic rings. The van der Waals surface area contributed by atoms with Gasteiger partial charge in [0, 0.05) is 24.2 Å². The van der Waals surface area contributed by atoms with E-state index in [0.29, 0.717) is 23.7 Å². The van der Waals surface area contributed by atoms with Gasteiger partial charge in [-0.3, -0.25) is 4.98 Å². The second-order valence-electron chi connectivity index (χ2n) is 6.87. The molecule has 0 aliphatic carbocycles. The number of methoxy groups -OCH3 is 1. The molecule has 1 fully saturated rings. The first kappa shape index (κ1) is 19.1. The van der Waals surface area contributed by atoms with Gasteiger partial charge in [-0.05, 0) is 42.3 Å². The summed E-state index contributed by atoms with van der Waals surface area (Å²) in [6.45, 7) is 2.48. The van der Waals surface area contributed by atoms with Crippen LogP contribution < -0.4 is 26.1 Å². The molecule has 0 amide bonds. The number of fused-ring (bicyclic) bond motifs is 1. The van der Waals surface area contributed by atoms with Crippen LogP contribution in [-0.4, -0.2) is 24.9 Å². The zero-order valence-electron chi connectivity index (χ0n) is 16.3. The first-order valence-electron chi connectivity index (χ1n) is 9.46. The van der Waals surface area contributed by atoms with E-state index in [-0.39, 0.29) is 30.0 Å². The average molecular weight is 393 g/mol. The number of pyridine rings is 1. The van der Waals surface area contributed by atoms with Crippen molar-refractivity contribution in [2.75, 3.05) is 13.7 Å². The van der Waals surface area contributed by atoms with E-state index in [1.165, 1.54) is 0 Å². The third-order valence-corrected chi connectivity index (χ3v) is 5.36. The summed E-state index contributed by atoms with van der Waals surface area (Å²) in [7, 11) is 1.62. The Labute approximate surface area is 169 Å². The van der Waals surface area contributed by atoms with E-state index in [9.17, 15) is 5.26 Å². The maximum atomic E-state index is 9.79. The van der Waals surface area contributed by atoms with Gasteiger partial charge in [0.15, 0.2) is 17.7 Å². The van der Waals surface area contributed by atoms with Gasteiger partial charge < -0.3 is 19.9 Å². The number of nitrogens with zero attached hydrogens (tertiary/aromatic N) is 2. The van der Waals surface area contributed by atoms with Crippen molar-refractivity contribution >= 4 is 0 Å². The second kappa shape index (κ2) is 7.99. The standard InChI is InChI=1S/C21H23N5O3/c1-3-28-15-5-4-13(10-16(15)27-2)19-18-17(12-6-8-24-9-7-12)14(11-22)20(23)29-21(18)26-25-19/h4-10,17-19,21,25-26H,3,23H2,1-2H3. The summed E-state index contributed by atoms with van der Waals surface area (Å²) in [5, 5.41) is 9.79. The lowest BCUT2D eigenvalue weighted by Crippen LogP contribution is -2.40. The Bertz CT molecular complexity index is 957. The van der Waals surface area contributed by atoms with Gasteiger partial charge >= 0.3 is 0 Å². The van der Waals surface area contributed by atoms with Crippen LogP contribution in [0, 0.1) is 17.2 Å². The normalized spacial score (nSPS) is 25.7. The molecule has 29 heavy (non-hydrogen) atoms. The van der Waals surface area contributed by atoms with Gasteiger partial charge in [-0.15, -0.1) is 0 Å². The van der Waals surface area contributed by atoms with Crippen LogP contribution in [0.4, 0.5) is 0 Å². The second-order valence-corrected chi connectivity index (χ2v) is 6.87. The first-order valence-corrected chi connectivity index (χ1v) is 9.46. The van der Waals surface area contributed by atoms with Crippen LogP contribution in [0.3, 0.4) is 0 Å². The topological polar surface area (TPSA) is 114 Å². The molecule has 1 aromatic heterocycles. The third-order valence-electron chi connectivity index (χ3n) is 5.36. The largest absolute Gasteiger partial charge is 0.493 e. The summed E-state index contributed by atoms with van der Waals surface area (Å²) < 4.78 is 17.0. The Morgan fingerprint density at radius 1 is 1.17 bits per heavy atom. The van der Waals surface area contributed by atoms with E-state index in [0.717, 1.165) is 11.1 Å². The fourth-order valence-corrected chi connectivity index (χ4v) is 4.10. The molecule has 2 aliphatic heterocycles. The minimum Gasteiger partial charge on any atom is -0.493 e. The Kier molecular flexibility index (Phi) is 5.25. The van der Waals surface area contributed by atoms with Crippen LogP contribution in [0.5, 0.6) is 11.5 Å². The van der Waals surface area contributed by atoms with Crippen LogP contribution in [0.25, 0.3) is 0 Å². The molecule has 3 heterocycles. The number of benzene rings is 1. The number of hydrogen-bond acceptors (Lipinski definition) is 8. The van der Waals surface area contributed by atoms with E-state index in [1.54, 1.807) is 19.5 Å². The predicted molar refractivity (Wildman–Crippen MR) is 105 cm³/mol. The van der Waals surface area contributed by atoms with Crippen LogP contribution in [0.1, 0.15) is 30.0 Å². The summed E-state index contributed by atoms with van der Waals surface area (Å²) in [5.41, 5.74) is 14.9. The monoisotopic (exact) mass is 393 g/mol. The highest BCUT2D eigenvalue weighted by Gasteiger charge is 2.49. The zero-order chi connectivity index (χ0) is 20.4. The van der Waals surface area contributed by atoms with Gasteiger partial charge in [0.25, 0.3) is 0 Å². The Balaban J connectivity index is 1.77. The van der Waals surface area contributed by atoms with E-state index >= 15 is 0 Å². The maximum Gasteiger partial charge on any atom is 0.200 e. The fourth-order valence-electron chi connectivity index (χ4n) is 4.10. The molecule has 0 saturated carbocycles. The minimum atomic E-state index is -0.382. The number of hydrogen-bond donors (Lipinski definition) is 3. The van der Waals surface area contributed by atoms with E-state index in [1.807, 2.05) is 37.3 Å². The summed E-state index contributed by atoms with van der Waals surface area (Å²) in [5.74, 6) is 1.14. The number of rotatable bonds is 5. The third kappa shape index (κ3) is 3.35. The van der Waals surface area contributed by atoms with Gasteiger partial charge in [-0.25, -0.2) is 10.9 Å². The molecule has 1 saturated heterocycles. The van der Waals surface area contributed by atoms with Gasteiger partial charge in [0.05, 0.1) is 25.3 Å². The van der Waals surface area contributed by atoms with E-state index in [2.05, 4.69) is 21.9 Å². The van der Waals surface area contributed by atoms with Crippen LogP contribution in [0.2, 0.25) is 0 Å². The lowest BCUT2D eigenvalue weighted by molar-refractivity contribution is 0.0340. The highest BCUT2D eigenvalue weighted by molar-refractivity contribution is 5.46.